The lowest BCUT2D eigenvalue weighted by molar-refractivity contribution is -0.0657. The third kappa shape index (κ3) is 5.71. The first-order chi connectivity index (χ1) is 16.2. The molecule has 0 aromatic heterocycles. The molecule has 4 nitrogen and oxygen atoms in total. The third-order valence-electron chi connectivity index (χ3n) is 6.55. The Labute approximate surface area is 196 Å². The van der Waals surface area contributed by atoms with E-state index in [1.807, 2.05) is 18.2 Å². The Bertz CT molecular complexity index is 848. The van der Waals surface area contributed by atoms with E-state index < -0.39 is 11.7 Å². The van der Waals surface area contributed by atoms with E-state index in [9.17, 15) is 5.11 Å². The van der Waals surface area contributed by atoms with Crippen LogP contribution in [0.4, 0.5) is 0 Å². The second kappa shape index (κ2) is 11.6. The van der Waals surface area contributed by atoms with Gasteiger partial charge in [0, 0.05) is 0 Å². The molecule has 0 amide bonds. The topological polar surface area (TPSA) is 58.9 Å². The molecule has 174 valence electrons. The highest BCUT2D eigenvalue weighted by Gasteiger charge is 2.38. The summed E-state index contributed by atoms with van der Waals surface area (Å²) >= 11 is 0. The molecule has 0 heterocycles. The lowest BCUT2D eigenvalue weighted by Gasteiger charge is -2.38. The summed E-state index contributed by atoms with van der Waals surface area (Å²) in [6.45, 7) is 0.519. The number of aliphatic hydroxyl groups is 2. The SMILES string of the molecule is OC[C@H](O)CO[C@@H]1CCC[C@H](COC(c2ccccc2)(c2ccccc2)c2ccccc2)C1. The number of ether oxygens (including phenoxy) is 2. The molecule has 0 aliphatic heterocycles. The number of aliphatic hydroxyl groups excluding tert-OH is 2. The van der Waals surface area contributed by atoms with Gasteiger partial charge in [-0.1, -0.05) is 97.4 Å². The maximum Gasteiger partial charge on any atom is 0.143 e. The van der Waals surface area contributed by atoms with E-state index in [2.05, 4.69) is 72.8 Å². The van der Waals surface area contributed by atoms with Crippen LogP contribution in [0, 0.1) is 5.92 Å². The van der Waals surface area contributed by atoms with Gasteiger partial charge in [-0.2, -0.15) is 0 Å². The summed E-state index contributed by atoms with van der Waals surface area (Å²) in [6, 6.07) is 31.4. The van der Waals surface area contributed by atoms with Crippen molar-refractivity contribution in [2.75, 3.05) is 19.8 Å². The summed E-state index contributed by atoms with van der Waals surface area (Å²) in [6.07, 6.45) is 3.32. The van der Waals surface area contributed by atoms with Crippen molar-refractivity contribution in [3.8, 4) is 0 Å². The zero-order valence-electron chi connectivity index (χ0n) is 19.1. The average Bonchev–Trinajstić information content (AvgIpc) is 2.90. The van der Waals surface area contributed by atoms with Crippen LogP contribution in [0.25, 0.3) is 0 Å². The smallest absolute Gasteiger partial charge is 0.143 e. The maximum absolute atomic E-state index is 9.64. The summed E-state index contributed by atoms with van der Waals surface area (Å²) in [5.74, 6) is 0.366. The van der Waals surface area contributed by atoms with Crippen LogP contribution in [-0.2, 0) is 15.1 Å². The molecule has 0 radical (unpaired) electrons. The van der Waals surface area contributed by atoms with Crippen LogP contribution in [0.3, 0.4) is 0 Å². The fraction of sp³-hybridized carbons (Fsp3) is 0.379. The van der Waals surface area contributed by atoms with E-state index >= 15 is 0 Å². The predicted octanol–water partition coefficient (Wildman–Crippen LogP) is 4.92. The molecule has 1 aliphatic carbocycles. The molecule has 2 N–H and O–H groups in total. The second-order valence-electron chi connectivity index (χ2n) is 8.91. The normalized spacial score (nSPS) is 19.8. The van der Waals surface area contributed by atoms with Crippen molar-refractivity contribution in [2.24, 2.45) is 5.92 Å². The van der Waals surface area contributed by atoms with Crippen molar-refractivity contribution >= 4 is 0 Å². The lowest BCUT2D eigenvalue weighted by Crippen LogP contribution is -2.36. The molecule has 4 rings (SSSR count). The molecule has 1 fully saturated rings. The van der Waals surface area contributed by atoms with Gasteiger partial charge < -0.3 is 19.7 Å². The van der Waals surface area contributed by atoms with E-state index in [1.165, 1.54) is 0 Å². The Morgan fingerprint density at radius 1 is 0.788 bits per heavy atom. The Kier molecular flexibility index (Phi) is 8.30. The molecule has 0 unspecified atom stereocenters. The lowest BCUT2D eigenvalue weighted by atomic mass is 9.79. The van der Waals surface area contributed by atoms with Crippen LogP contribution in [0.2, 0.25) is 0 Å². The first-order valence-corrected chi connectivity index (χ1v) is 11.9. The minimum absolute atomic E-state index is 0.0909. The van der Waals surface area contributed by atoms with Crippen molar-refractivity contribution in [1.82, 2.24) is 0 Å². The van der Waals surface area contributed by atoms with Gasteiger partial charge in [-0.3, -0.25) is 0 Å². The summed E-state index contributed by atoms with van der Waals surface area (Å²) < 4.78 is 12.9. The van der Waals surface area contributed by atoms with Gasteiger partial charge in [-0.25, -0.2) is 0 Å². The van der Waals surface area contributed by atoms with Gasteiger partial charge in [0.2, 0.25) is 0 Å². The van der Waals surface area contributed by atoms with Gasteiger partial charge in [0.05, 0.1) is 25.9 Å². The first kappa shape index (κ1) is 23.7. The quantitative estimate of drug-likeness (QED) is 0.434. The highest BCUT2D eigenvalue weighted by atomic mass is 16.5. The molecule has 0 saturated heterocycles. The zero-order valence-corrected chi connectivity index (χ0v) is 19.1. The fourth-order valence-corrected chi connectivity index (χ4v) is 4.86. The molecule has 33 heavy (non-hydrogen) atoms. The Morgan fingerprint density at radius 3 is 1.79 bits per heavy atom. The minimum atomic E-state index is -0.816. The van der Waals surface area contributed by atoms with Crippen molar-refractivity contribution < 1.29 is 19.7 Å². The Balaban J connectivity index is 1.61. The fourth-order valence-electron chi connectivity index (χ4n) is 4.86. The van der Waals surface area contributed by atoms with Gasteiger partial charge in [-0.15, -0.1) is 0 Å². The highest BCUT2D eigenvalue weighted by molar-refractivity contribution is 5.47. The minimum Gasteiger partial charge on any atom is -0.394 e. The molecule has 3 aromatic carbocycles. The van der Waals surface area contributed by atoms with E-state index in [0.29, 0.717) is 12.5 Å². The van der Waals surface area contributed by atoms with Gasteiger partial charge in [0.25, 0.3) is 0 Å². The van der Waals surface area contributed by atoms with Crippen LogP contribution >= 0.6 is 0 Å². The maximum atomic E-state index is 9.64. The van der Waals surface area contributed by atoms with Gasteiger partial charge in [0.15, 0.2) is 0 Å². The van der Waals surface area contributed by atoms with Crippen LogP contribution in [0.5, 0.6) is 0 Å². The van der Waals surface area contributed by atoms with E-state index in [-0.39, 0.29) is 19.3 Å². The van der Waals surface area contributed by atoms with Crippen LogP contribution in [0.15, 0.2) is 91.0 Å². The molecule has 4 heteroatoms. The van der Waals surface area contributed by atoms with Crippen LogP contribution in [-0.4, -0.2) is 42.2 Å². The second-order valence-corrected chi connectivity index (χ2v) is 8.91. The number of hydrogen-bond donors (Lipinski definition) is 2. The molecule has 0 bridgehead atoms. The molecule has 3 atom stereocenters. The standard InChI is InChI=1S/C29H34O4/c30-20-27(31)22-32-28-18-10-11-23(19-28)21-33-29(24-12-4-1-5-13-24,25-14-6-2-7-15-25)26-16-8-3-9-17-26/h1-9,12-17,23,27-28,30-31H,10-11,18-22H2/t23-,27-,28+/m0/s1. The van der Waals surface area contributed by atoms with Crippen molar-refractivity contribution in [2.45, 2.75) is 43.5 Å². The van der Waals surface area contributed by atoms with Crippen molar-refractivity contribution in [1.29, 1.82) is 0 Å². The van der Waals surface area contributed by atoms with Gasteiger partial charge >= 0.3 is 0 Å². The Morgan fingerprint density at radius 2 is 1.30 bits per heavy atom. The third-order valence-corrected chi connectivity index (χ3v) is 6.55. The van der Waals surface area contributed by atoms with Gasteiger partial charge in [-0.05, 0) is 41.9 Å². The zero-order chi connectivity index (χ0) is 22.9. The monoisotopic (exact) mass is 446 g/mol. The summed E-state index contributed by atoms with van der Waals surface area (Å²) in [5.41, 5.74) is 2.62. The molecular formula is C29H34O4. The van der Waals surface area contributed by atoms with Gasteiger partial charge in [0.1, 0.15) is 11.7 Å². The largest absolute Gasteiger partial charge is 0.394 e. The van der Waals surface area contributed by atoms with E-state index in [0.717, 1.165) is 42.4 Å². The van der Waals surface area contributed by atoms with Crippen molar-refractivity contribution in [3.63, 3.8) is 0 Å². The number of rotatable bonds is 10. The number of benzene rings is 3. The molecule has 1 aliphatic rings. The average molecular weight is 447 g/mol. The molecule has 0 spiro atoms. The molecular weight excluding hydrogens is 412 g/mol. The molecule has 3 aromatic rings. The summed E-state index contributed by atoms with van der Waals surface area (Å²) in [7, 11) is 0. The van der Waals surface area contributed by atoms with E-state index in [1.54, 1.807) is 0 Å². The predicted molar refractivity (Wildman–Crippen MR) is 130 cm³/mol. The highest BCUT2D eigenvalue weighted by Crippen LogP contribution is 2.41. The van der Waals surface area contributed by atoms with Crippen LogP contribution < -0.4 is 0 Å². The number of hydrogen-bond acceptors (Lipinski definition) is 4. The van der Waals surface area contributed by atoms with E-state index in [4.69, 9.17) is 14.6 Å². The first-order valence-electron chi connectivity index (χ1n) is 11.9. The Hall–Kier alpha value is -2.50. The summed E-state index contributed by atoms with van der Waals surface area (Å²) in [4.78, 5) is 0. The van der Waals surface area contributed by atoms with Crippen molar-refractivity contribution in [3.05, 3.63) is 108 Å². The van der Waals surface area contributed by atoms with Crippen LogP contribution in [0.1, 0.15) is 42.4 Å². The summed E-state index contributed by atoms with van der Waals surface area (Å²) in [5, 5.41) is 18.7. The molecule has 1 saturated carbocycles.